The Morgan fingerprint density at radius 3 is 2.09 bits per heavy atom. The van der Waals surface area contributed by atoms with Gasteiger partial charge in [0.2, 0.25) is 0 Å². The summed E-state index contributed by atoms with van der Waals surface area (Å²) in [5, 5.41) is 10.4. The smallest absolute Gasteiger partial charge is 0.169 e. The first-order chi connectivity index (χ1) is 10.7. The van der Waals surface area contributed by atoms with Gasteiger partial charge in [-0.3, -0.25) is 0 Å². The van der Waals surface area contributed by atoms with Crippen molar-refractivity contribution in [3.05, 3.63) is 34.2 Å². The lowest BCUT2D eigenvalue weighted by Crippen LogP contribution is -2.51. The van der Waals surface area contributed by atoms with E-state index in [0.29, 0.717) is 26.7 Å². The van der Waals surface area contributed by atoms with Crippen LogP contribution >= 0.6 is 15.9 Å². The number of nitrogens with zero attached hydrogens (tertiary/aromatic N) is 1. The summed E-state index contributed by atoms with van der Waals surface area (Å²) >= 11 is 3.49. The van der Waals surface area contributed by atoms with Crippen LogP contribution in [0.25, 0.3) is 10.9 Å². The zero-order valence-electron chi connectivity index (χ0n) is 14.8. The van der Waals surface area contributed by atoms with Crippen LogP contribution in [0, 0.1) is 5.82 Å². The van der Waals surface area contributed by atoms with Gasteiger partial charge in [0.1, 0.15) is 5.82 Å². The van der Waals surface area contributed by atoms with Crippen LogP contribution in [0.2, 0.25) is 16.6 Å². The molecule has 2 rings (SSSR count). The minimum absolute atomic E-state index is 0.297. The summed E-state index contributed by atoms with van der Waals surface area (Å²) in [6.07, 6.45) is 2.13. The van der Waals surface area contributed by atoms with Gasteiger partial charge in [0, 0.05) is 20.9 Å². The van der Waals surface area contributed by atoms with Gasteiger partial charge in [0.05, 0.1) is 6.61 Å². The number of fused-ring (bicyclic) bond motifs is 1. The van der Waals surface area contributed by atoms with Crippen LogP contribution in [0.4, 0.5) is 4.39 Å². The average molecular weight is 400 g/mol. The Morgan fingerprint density at radius 2 is 1.65 bits per heavy atom. The first-order valence-electron chi connectivity index (χ1n) is 8.28. The molecular formula is C18H27BrFNOSi. The summed E-state index contributed by atoms with van der Waals surface area (Å²) in [6.45, 7) is 13.5. The summed E-state index contributed by atoms with van der Waals surface area (Å²) in [5.74, 6) is -0.342. The van der Waals surface area contributed by atoms with E-state index in [1.54, 1.807) is 6.07 Å². The number of hydrogen-bond donors (Lipinski definition) is 1. The van der Waals surface area contributed by atoms with Crippen LogP contribution in [-0.2, 0) is 6.61 Å². The third kappa shape index (κ3) is 2.71. The first kappa shape index (κ1) is 18.7. The van der Waals surface area contributed by atoms with Gasteiger partial charge in [-0.25, -0.2) is 4.39 Å². The van der Waals surface area contributed by atoms with Crippen molar-refractivity contribution in [2.45, 2.75) is 64.8 Å². The molecule has 0 saturated carbocycles. The van der Waals surface area contributed by atoms with Crippen molar-refractivity contribution in [3.8, 4) is 0 Å². The molecule has 0 aliphatic rings. The zero-order valence-corrected chi connectivity index (χ0v) is 17.4. The van der Waals surface area contributed by atoms with Gasteiger partial charge in [0.15, 0.2) is 8.24 Å². The summed E-state index contributed by atoms with van der Waals surface area (Å²) < 4.78 is 17.5. The maximum absolute atomic E-state index is 14.4. The predicted octanol–water partition coefficient (Wildman–Crippen LogP) is 6.06. The molecule has 0 unspecified atom stereocenters. The fourth-order valence-corrected chi connectivity index (χ4v) is 11.8. The number of rotatable bonds is 5. The van der Waals surface area contributed by atoms with Gasteiger partial charge >= 0.3 is 0 Å². The van der Waals surface area contributed by atoms with Crippen molar-refractivity contribution < 1.29 is 9.50 Å². The topological polar surface area (TPSA) is 25.2 Å². The quantitative estimate of drug-likeness (QED) is 0.607. The van der Waals surface area contributed by atoms with E-state index in [1.165, 1.54) is 0 Å². The maximum atomic E-state index is 14.4. The number of benzene rings is 1. The minimum Gasteiger partial charge on any atom is -0.392 e. The number of aliphatic hydroxyl groups is 1. The monoisotopic (exact) mass is 399 g/mol. The molecule has 23 heavy (non-hydrogen) atoms. The number of aliphatic hydroxyl groups excluding tert-OH is 1. The highest BCUT2D eigenvalue weighted by molar-refractivity contribution is 9.10. The Morgan fingerprint density at radius 1 is 1.13 bits per heavy atom. The standard InChI is InChI=1S/C18H27BrFNOSi/c1-11(2)23(12(3)4,13(5)6)21-8-7-14-17(21)9-16(20)15(10-22)18(14)19/h7-9,11-13,22H,10H2,1-6H3. The lowest BCUT2D eigenvalue weighted by Gasteiger charge is -2.44. The van der Waals surface area contributed by atoms with Gasteiger partial charge in [-0.05, 0) is 50.9 Å². The number of halogens is 2. The molecule has 5 heteroatoms. The molecule has 2 aromatic rings. The van der Waals surface area contributed by atoms with Crippen LogP contribution < -0.4 is 0 Å². The van der Waals surface area contributed by atoms with Crippen molar-refractivity contribution in [2.75, 3.05) is 0 Å². The molecule has 0 aliphatic carbocycles. The molecule has 0 aliphatic heterocycles. The Kier molecular flexibility index (Phi) is 5.43. The molecule has 1 heterocycles. The van der Waals surface area contributed by atoms with E-state index in [2.05, 4.69) is 67.9 Å². The molecule has 0 saturated heterocycles. The van der Waals surface area contributed by atoms with Crippen molar-refractivity contribution in [2.24, 2.45) is 0 Å². The summed E-state index contributed by atoms with van der Waals surface area (Å²) in [6, 6.07) is 3.65. The SMILES string of the molecule is CC(C)[Si](C(C)C)(C(C)C)n1ccc2c(Br)c(CO)c(F)cc21. The van der Waals surface area contributed by atoms with Crippen molar-refractivity contribution in [1.29, 1.82) is 0 Å². The lowest BCUT2D eigenvalue weighted by atomic mass is 10.1. The van der Waals surface area contributed by atoms with E-state index >= 15 is 0 Å². The fourth-order valence-electron chi connectivity index (χ4n) is 4.57. The minimum atomic E-state index is -1.92. The number of hydrogen-bond acceptors (Lipinski definition) is 1. The van der Waals surface area contributed by atoms with E-state index in [4.69, 9.17) is 0 Å². The van der Waals surface area contributed by atoms with Crippen LogP contribution in [0.3, 0.4) is 0 Å². The van der Waals surface area contributed by atoms with E-state index in [1.807, 2.05) is 6.07 Å². The van der Waals surface area contributed by atoms with E-state index in [0.717, 1.165) is 10.9 Å². The second kappa shape index (κ2) is 6.69. The van der Waals surface area contributed by atoms with Crippen LogP contribution in [0.15, 0.2) is 22.8 Å². The Bertz CT molecular complexity index is 687. The molecule has 0 spiro atoms. The molecular weight excluding hydrogens is 373 g/mol. The molecule has 2 nitrogen and oxygen atoms in total. The second-order valence-electron chi connectivity index (χ2n) is 7.28. The molecule has 0 atom stereocenters. The molecule has 0 radical (unpaired) electrons. The van der Waals surface area contributed by atoms with Crippen molar-refractivity contribution in [3.63, 3.8) is 0 Å². The average Bonchev–Trinajstić information content (AvgIpc) is 2.83. The first-order valence-corrected chi connectivity index (χ1v) is 11.3. The van der Waals surface area contributed by atoms with Gasteiger partial charge in [-0.15, -0.1) is 0 Å². The van der Waals surface area contributed by atoms with Gasteiger partial charge in [0.25, 0.3) is 0 Å². The summed E-state index contributed by atoms with van der Waals surface area (Å²) in [7, 11) is -1.92. The van der Waals surface area contributed by atoms with Crippen molar-refractivity contribution >= 4 is 35.1 Å². The molecule has 0 fully saturated rings. The fraction of sp³-hybridized carbons (Fsp3) is 0.556. The number of aromatic nitrogens is 1. The van der Waals surface area contributed by atoms with Gasteiger partial charge in [-0.1, -0.05) is 41.5 Å². The zero-order chi connectivity index (χ0) is 17.5. The van der Waals surface area contributed by atoms with Crippen molar-refractivity contribution in [1.82, 2.24) is 4.23 Å². The van der Waals surface area contributed by atoms with Crippen LogP contribution in [0.1, 0.15) is 47.1 Å². The summed E-state index contributed by atoms with van der Waals surface area (Å²) in [5.41, 5.74) is 2.89. The van der Waals surface area contributed by atoms with Gasteiger partial charge in [-0.2, -0.15) is 0 Å². The van der Waals surface area contributed by atoms with E-state index < -0.39 is 8.24 Å². The predicted molar refractivity (Wildman–Crippen MR) is 102 cm³/mol. The van der Waals surface area contributed by atoms with Gasteiger partial charge < -0.3 is 9.34 Å². The molecule has 1 aromatic heterocycles. The maximum Gasteiger partial charge on any atom is 0.169 e. The molecule has 0 bridgehead atoms. The Hall–Kier alpha value is -0.653. The van der Waals surface area contributed by atoms with E-state index in [-0.39, 0.29) is 12.4 Å². The Labute approximate surface area is 147 Å². The second-order valence-corrected chi connectivity index (χ2v) is 13.8. The molecule has 1 N–H and O–H groups in total. The summed E-state index contributed by atoms with van der Waals surface area (Å²) in [4.78, 5) is 0. The molecule has 0 amide bonds. The molecule has 1 aromatic carbocycles. The third-order valence-corrected chi connectivity index (χ3v) is 13.0. The third-order valence-electron chi connectivity index (χ3n) is 5.33. The largest absolute Gasteiger partial charge is 0.392 e. The lowest BCUT2D eigenvalue weighted by molar-refractivity contribution is 0.275. The normalized spacial score (nSPS) is 13.0. The highest BCUT2D eigenvalue weighted by atomic mass is 79.9. The van der Waals surface area contributed by atoms with Crippen LogP contribution in [0.5, 0.6) is 0 Å². The van der Waals surface area contributed by atoms with E-state index in [9.17, 15) is 9.50 Å². The Balaban J connectivity index is 2.86. The highest BCUT2D eigenvalue weighted by Crippen LogP contribution is 2.45. The van der Waals surface area contributed by atoms with Crippen LogP contribution in [-0.4, -0.2) is 17.6 Å². The highest BCUT2D eigenvalue weighted by Gasteiger charge is 2.45. The molecule has 128 valence electrons.